The first-order valence-electron chi connectivity index (χ1n) is 4.40. The van der Waals surface area contributed by atoms with Gasteiger partial charge in [-0.1, -0.05) is 0 Å². The van der Waals surface area contributed by atoms with Crippen molar-refractivity contribution in [2.24, 2.45) is 0 Å². The van der Waals surface area contributed by atoms with Gasteiger partial charge in [-0.3, -0.25) is 30.4 Å². The zero-order chi connectivity index (χ0) is 13.4. The molecule has 94 valence electrons. The monoisotopic (exact) mass is 254 g/mol. The van der Waals surface area contributed by atoms with Crippen molar-refractivity contribution in [2.75, 3.05) is 11.5 Å². The molecule has 6 N–H and O–H groups in total. The van der Waals surface area contributed by atoms with Gasteiger partial charge >= 0.3 is 11.4 Å². The highest BCUT2D eigenvalue weighted by atomic mass is 16.6. The molecule has 12 heteroatoms. The summed E-state index contributed by atoms with van der Waals surface area (Å²) in [6.45, 7) is 0. The van der Waals surface area contributed by atoms with Crippen LogP contribution < -0.4 is 11.5 Å². The van der Waals surface area contributed by atoms with Gasteiger partial charge in [0.1, 0.15) is 0 Å². The maximum Gasteiger partial charge on any atom is 0.340 e. The van der Waals surface area contributed by atoms with E-state index in [0.29, 0.717) is 0 Å². The first kappa shape index (κ1) is 11.3. The Morgan fingerprint density at radius 3 is 1.50 bits per heavy atom. The van der Waals surface area contributed by atoms with E-state index >= 15 is 0 Å². The number of aromatic amines is 2. The fourth-order valence-electron chi connectivity index (χ4n) is 1.42. The number of anilines is 2. The molecule has 2 rings (SSSR count). The SMILES string of the molecule is Nc1n[nH]c(-c2[nH]nc(N)c2[N+](=O)[O-])c1[N+](=O)[O-]. The van der Waals surface area contributed by atoms with Crippen molar-refractivity contribution in [3.8, 4) is 11.4 Å². The molecule has 2 heterocycles. The normalized spacial score (nSPS) is 10.4. The van der Waals surface area contributed by atoms with Gasteiger partial charge in [-0.05, 0) is 0 Å². The minimum Gasteiger partial charge on any atom is -0.376 e. The summed E-state index contributed by atoms with van der Waals surface area (Å²) in [5.41, 5.74) is 8.91. The Hall–Kier alpha value is -3.18. The first-order valence-corrected chi connectivity index (χ1v) is 4.40. The van der Waals surface area contributed by atoms with Crippen molar-refractivity contribution in [3.05, 3.63) is 20.2 Å². The second kappa shape index (κ2) is 3.69. The number of hydrogen-bond acceptors (Lipinski definition) is 8. The summed E-state index contributed by atoms with van der Waals surface area (Å²) in [5.74, 6) is -0.782. The average molecular weight is 254 g/mol. The van der Waals surface area contributed by atoms with Gasteiger partial charge in [-0.2, -0.15) is 0 Å². The van der Waals surface area contributed by atoms with E-state index in [2.05, 4.69) is 20.4 Å². The molecule has 0 saturated heterocycles. The lowest BCUT2D eigenvalue weighted by Crippen LogP contribution is -1.97. The minimum absolute atomic E-state index is 0.256. The number of nitrogen functional groups attached to an aromatic ring is 2. The lowest BCUT2D eigenvalue weighted by atomic mass is 10.2. The zero-order valence-corrected chi connectivity index (χ0v) is 8.58. The highest BCUT2D eigenvalue weighted by Gasteiger charge is 2.32. The van der Waals surface area contributed by atoms with Crippen LogP contribution in [0.15, 0.2) is 0 Å². The summed E-state index contributed by atoms with van der Waals surface area (Å²) in [4.78, 5) is 20.0. The molecule has 0 aliphatic rings. The third kappa shape index (κ3) is 1.48. The van der Waals surface area contributed by atoms with Crippen LogP contribution in [0.5, 0.6) is 0 Å². The van der Waals surface area contributed by atoms with Crippen LogP contribution in [0.1, 0.15) is 0 Å². The third-order valence-corrected chi connectivity index (χ3v) is 2.15. The van der Waals surface area contributed by atoms with Gasteiger partial charge in [-0.15, -0.1) is 10.2 Å². The number of rotatable bonds is 3. The van der Waals surface area contributed by atoms with Crippen LogP contribution >= 0.6 is 0 Å². The van der Waals surface area contributed by atoms with Crippen LogP contribution in [-0.4, -0.2) is 30.2 Å². The third-order valence-electron chi connectivity index (χ3n) is 2.15. The Kier molecular flexibility index (Phi) is 2.32. The lowest BCUT2D eigenvalue weighted by Gasteiger charge is -1.94. The van der Waals surface area contributed by atoms with E-state index in [9.17, 15) is 20.2 Å². The van der Waals surface area contributed by atoms with Gasteiger partial charge in [0.15, 0.2) is 11.4 Å². The van der Waals surface area contributed by atoms with Gasteiger partial charge in [0.05, 0.1) is 9.85 Å². The standard InChI is InChI=1S/C6H6N8O4/c7-5-3(13(15)16)1(9-11-5)2-4(14(17)18)6(8)12-10-2/h(H3,7,9,11)(H3,8,10,12). The maximum atomic E-state index is 10.8. The molecule has 18 heavy (non-hydrogen) atoms. The quantitative estimate of drug-likeness (QED) is 0.425. The molecule has 12 nitrogen and oxygen atoms in total. The van der Waals surface area contributed by atoms with E-state index in [1.54, 1.807) is 0 Å². The molecule has 0 aromatic carbocycles. The molecular formula is C6H6N8O4. The van der Waals surface area contributed by atoms with Crippen LogP contribution in [0.2, 0.25) is 0 Å². The Labute approximate surface area is 97.3 Å². The highest BCUT2D eigenvalue weighted by Crippen LogP contribution is 2.38. The van der Waals surface area contributed by atoms with E-state index in [1.165, 1.54) is 0 Å². The van der Waals surface area contributed by atoms with E-state index in [1.807, 2.05) is 0 Å². The topological polar surface area (TPSA) is 196 Å². The number of nitrogens with two attached hydrogens (primary N) is 2. The Balaban J connectivity index is 2.70. The van der Waals surface area contributed by atoms with Crippen LogP contribution in [0.25, 0.3) is 11.4 Å². The maximum absolute atomic E-state index is 10.8. The molecule has 0 bridgehead atoms. The van der Waals surface area contributed by atoms with Gasteiger partial charge in [0, 0.05) is 0 Å². The van der Waals surface area contributed by atoms with Crippen LogP contribution in [-0.2, 0) is 0 Å². The average Bonchev–Trinajstić information content (AvgIpc) is 2.81. The minimum atomic E-state index is -0.811. The molecule has 2 aromatic rings. The predicted octanol–water partition coefficient (Wildman–Crippen LogP) is -0.219. The van der Waals surface area contributed by atoms with Gasteiger partial charge in [0.2, 0.25) is 11.6 Å². The number of hydrogen-bond donors (Lipinski definition) is 4. The molecular weight excluding hydrogens is 248 g/mol. The molecule has 0 amide bonds. The second-order valence-electron chi connectivity index (χ2n) is 3.18. The number of aromatic nitrogens is 4. The van der Waals surface area contributed by atoms with Crippen molar-refractivity contribution < 1.29 is 9.85 Å². The molecule has 0 aliphatic heterocycles. The van der Waals surface area contributed by atoms with Crippen LogP contribution in [0.3, 0.4) is 0 Å². The summed E-state index contributed by atoms with van der Waals surface area (Å²) in [7, 11) is 0. The second-order valence-corrected chi connectivity index (χ2v) is 3.18. The Bertz CT molecular complexity index is 586. The zero-order valence-electron chi connectivity index (χ0n) is 8.58. The van der Waals surface area contributed by atoms with Gasteiger partial charge in [0.25, 0.3) is 0 Å². The van der Waals surface area contributed by atoms with E-state index in [0.717, 1.165) is 0 Å². The number of H-pyrrole nitrogens is 2. The van der Waals surface area contributed by atoms with E-state index in [-0.39, 0.29) is 11.4 Å². The summed E-state index contributed by atoms with van der Waals surface area (Å²) in [6.07, 6.45) is 0. The fourth-order valence-corrected chi connectivity index (χ4v) is 1.42. The van der Waals surface area contributed by atoms with Gasteiger partial charge in [-0.25, -0.2) is 0 Å². The first-order chi connectivity index (χ1) is 8.43. The molecule has 0 saturated carbocycles. The molecule has 0 radical (unpaired) electrons. The molecule has 0 atom stereocenters. The summed E-state index contributed by atoms with van der Waals surface area (Å²) < 4.78 is 0. The summed E-state index contributed by atoms with van der Waals surface area (Å²) in [5, 5.41) is 32.9. The number of nitrogens with zero attached hydrogens (tertiary/aromatic N) is 4. The fraction of sp³-hybridized carbons (Fsp3) is 0. The Morgan fingerprint density at radius 2 is 1.22 bits per heavy atom. The van der Waals surface area contributed by atoms with E-state index < -0.39 is 32.9 Å². The number of nitrogens with one attached hydrogen (secondary N) is 2. The smallest absolute Gasteiger partial charge is 0.340 e. The van der Waals surface area contributed by atoms with Crippen molar-refractivity contribution in [3.63, 3.8) is 0 Å². The molecule has 2 aromatic heterocycles. The largest absolute Gasteiger partial charge is 0.376 e. The van der Waals surface area contributed by atoms with Crippen LogP contribution in [0.4, 0.5) is 23.0 Å². The Morgan fingerprint density at radius 1 is 0.889 bits per heavy atom. The van der Waals surface area contributed by atoms with Crippen molar-refractivity contribution in [1.29, 1.82) is 0 Å². The van der Waals surface area contributed by atoms with Crippen LogP contribution in [0, 0.1) is 20.2 Å². The molecule has 0 aliphatic carbocycles. The lowest BCUT2D eigenvalue weighted by molar-refractivity contribution is -0.385. The predicted molar refractivity (Wildman–Crippen MR) is 58.3 cm³/mol. The van der Waals surface area contributed by atoms with Crippen molar-refractivity contribution in [1.82, 2.24) is 20.4 Å². The van der Waals surface area contributed by atoms with Gasteiger partial charge < -0.3 is 11.5 Å². The van der Waals surface area contributed by atoms with E-state index in [4.69, 9.17) is 11.5 Å². The van der Waals surface area contributed by atoms with Crippen molar-refractivity contribution in [2.45, 2.75) is 0 Å². The van der Waals surface area contributed by atoms with Crippen molar-refractivity contribution >= 4 is 23.0 Å². The summed E-state index contributed by atoms with van der Waals surface area (Å²) >= 11 is 0. The molecule has 0 fully saturated rings. The highest BCUT2D eigenvalue weighted by molar-refractivity contribution is 5.82. The molecule has 0 unspecified atom stereocenters. The molecule has 0 spiro atoms. The number of nitro groups is 2. The summed E-state index contributed by atoms with van der Waals surface area (Å²) in [6, 6.07) is 0.